The molecule has 0 bridgehead atoms. The molecule has 7 heteroatoms. The van der Waals surface area contributed by atoms with Crippen molar-refractivity contribution in [3.63, 3.8) is 0 Å². The summed E-state index contributed by atoms with van der Waals surface area (Å²) in [5, 5.41) is 0. The third kappa shape index (κ3) is 5.85. The van der Waals surface area contributed by atoms with Gasteiger partial charge in [-0.3, -0.25) is 9.79 Å². The zero-order chi connectivity index (χ0) is 20.6. The van der Waals surface area contributed by atoms with E-state index in [9.17, 15) is 9.18 Å². The van der Waals surface area contributed by atoms with Crippen molar-refractivity contribution >= 4 is 17.8 Å². The summed E-state index contributed by atoms with van der Waals surface area (Å²) < 4.78 is 13.8. The predicted molar refractivity (Wildman–Crippen MR) is 109 cm³/mol. The SMILES string of the molecule is CC.CC1=C(F)CC=C(/C(N=Cc2ccc(N)cc2)=C(\N)C(N)=O)C(N)=C1. The Kier molecular flexibility index (Phi) is 8.00. The standard InChI is InChI=1S/C18H20FN5O.C2H6/c1-10-8-15(21)13(6-7-14(10)19)17(16(22)18(23)25)24-9-11-2-4-12(20)5-3-11;1-2/h2-6,8-9H,7,20-22H2,1H3,(H2,23,25);1-2H3/b17-16+,24-9?;. The number of anilines is 1. The molecule has 8 N–H and O–H groups in total. The van der Waals surface area contributed by atoms with Crippen LogP contribution >= 0.6 is 0 Å². The Morgan fingerprint density at radius 3 is 2.30 bits per heavy atom. The molecule has 0 aliphatic heterocycles. The molecule has 1 amide bonds. The zero-order valence-corrected chi connectivity index (χ0v) is 15.8. The highest BCUT2D eigenvalue weighted by Gasteiger charge is 2.17. The highest BCUT2D eigenvalue weighted by Crippen LogP contribution is 2.27. The van der Waals surface area contributed by atoms with E-state index in [1.54, 1.807) is 31.2 Å². The van der Waals surface area contributed by atoms with Gasteiger partial charge in [-0.15, -0.1) is 0 Å². The summed E-state index contributed by atoms with van der Waals surface area (Å²) in [5.74, 6) is -1.16. The average molecular weight is 371 g/mol. The van der Waals surface area contributed by atoms with Gasteiger partial charge < -0.3 is 22.9 Å². The summed E-state index contributed by atoms with van der Waals surface area (Å²) in [4.78, 5) is 15.8. The summed E-state index contributed by atoms with van der Waals surface area (Å²) in [6.07, 6.45) is 4.52. The van der Waals surface area contributed by atoms with Crippen molar-refractivity contribution in [1.29, 1.82) is 0 Å². The average Bonchev–Trinajstić information content (AvgIpc) is 2.77. The van der Waals surface area contributed by atoms with E-state index in [1.165, 1.54) is 18.4 Å². The first-order valence-electron chi connectivity index (χ1n) is 8.52. The lowest BCUT2D eigenvalue weighted by molar-refractivity contribution is -0.114. The van der Waals surface area contributed by atoms with E-state index < -0.39 is 5.91 Å². The number of rotatable bonds is 4. The van der Waals surface area contributed by atoms with Gasteiger partial charge in [-0.05, 0) is 36.3 Å². The molecule has 6 nitrogen and oxygen atoms in total. The van der Waals surface area contributed by atoms with Gasteiger partial charge in [-0.25, -0.2) is 4.39 Å². The summed E-state index contributed by atoms with van der Waals surface area (Å²) in [6.45, 7) is 5.61. The Hall–Kier alpha value is -3.35. The molecule has 1 aromatic carbocycles. The van der Waals surface area contributed by atoms with Crippen LogP contribution in [-0.2, 0) is 4.79 Å². The van der Waals surface area contributed by atoms with E-state index in [-0.39, 0.29) is 29.3 Å². The van der Waals surface area contributed by atoms with Crippen molar-refractivity contribution in [3.05, 3.63) is 76.0 Å². The van der Waals surface area contributed by atoms with Gasteiger partial charge in [0, 0.05) is 29.6 Å². The third-order valence-electron chi connectivity index (χ3n) is 3.65. The molecule has 0 saturated carbocycles. The molecule has 0 spiro atoms. The fourth-order valence-electron chi connectivity index (χ4n) is 2.22. The maximum Gasteiger partial charge on any atom is 0.266 e. The molecule has 0 unspecified atom stereocenters. The van der Waals surface area contributed by atoms with Gasteiger partial charge in [0.15, 0.2) is 0 Å². The number of carbonyl (C=O) groups excluding carboxylic acids is 1. The van der Waals surface area contributed by atoms with Crippen LogP contribution in [0.25, 0.3) is 0 Å². The molecule has 0 heterocycles. The van der Waals surface area contributed by atoms with Crippen LogP contribution in [-0.4, -0.2) is 12.1 Å². The number of nitrogen functional groups attached to an aromatic ring is 1. The normalized spacial score (nSPS) is 15.3. The molecule has 0 aromatic heterocycles. The highest BCUT2D eigenvalue weighted by molar-refractivity contribution is 5.93. The van der Waals surface area contributed by atoms with E-state index in [4.69, 9.17) is 22.9 Å². The van der Waals surface area contributed by atoms with Gasteiger partial charge in [0.1, 0.15) is 17.2 Å². The van der Waals surface area contributed by atoms with Crippen molar-refractivity contribution < 1.29 is 9.18 Å². The molecule has 0 fully saturated rings. The van der Waals surface area contributed by atoms with Crippen LogP contribution in [0.2, 0.25) is 0 Å². The van der Waals surface area contributed by atoms with Crippen molar-refractivity contribution in [2.75, 3.05) is 5.73 Å². The van der Waals surface area contributed by atoms with E-state index in [2.05, 4.69) is 4.99 Å². The van der Waals surface area contributed by atoms with Gasteiger partial charge in [-0.2, -0.15) is 0 Å². The van der Waals surface area contributed by atoms with Crippen LogP contribution in [0.1, 0.15) is 32.8 Å². The quantitative estimate of drug-likeness (QED) is 0.368. The fraction of sp³-hybridized carbons (Fsp3) is 0.200. The molecule has 1 aliphatic carbocycles. The fourth-order valence-corrected chi connectivity index (χ4v) is 2.22. The van der Waals surface area contributed by atoms with Crippen LogP contribution < -0.4 is 22.9 Å². The highest BCUT2D eigenvalue weighted by atomic mass is 19.1. The van der Waals surface area contributed by atoms with E-state index in [0.29, 0.717) is 16.8 Å². The van der Waals surface area contributed by atoms with Crippen LogP contribution in [0.4, 0.5) is 10.1 Å². The Labute approximate surface area is 158 Å². The van der Waals surface area contributed by atoms with Gasteiger partial charge >= 0.3 is 0 Å². The zero-order valence-electron chi connectivity index (χ0n) is 15.8. The van der Waals surface area contributed by atoms with Crippen molar-refractivity contribution in [1.82, 2.24) is 0 Å². The number of allylic oxidation sites excluding steroid dienone is 4. The number of aliphatic imine (C=N–C) groups is 1. The van der Waals surface area contributed by atoms with Crippen LogP contribution in [0.5, 0.6) is 0 Å². The number of hydrogen-bond acceptors (Lipinski definition) is 5. The summed E-state index contributed by atoms with van der Waals surface area (Å²) >= 11 is 0. The van der Waals surface area contributed by atoms with Crippen LogP contribution in [0, 0.1) is 0 Å². The Bertz CT molecular complexity index is 846. The summed E-state index contributed by atoms with van der Waals surface area (Å²) in [5.41, 5.74) is 25.0. The lowest BCUT2D eigenvalue weighted by Crippen LogP contribution is -2.23. The van der Waals surface area contributed by atoms with Gasteiger partial charge in [-0.1, -0.05) is 32.1 Å². The first-order valence-corrected chi connectivity index (χ1v) is 8.52. The lowest BCUT2D eigenvalue weighted by atomic mass is 10.1. The molecular formula is C20H26FN5O. The largest absolute Gasteiger partial charge is 0.399 e. The molecule has 2 rings (SSSR count). The van der Waals surface area contributed by atoms with Crippen molar-refractivity contribution in [3.8, 4) is 0 Å². The summed E-state index contributed by atoms with van der Waals surface area (Å²) in [6, 6.07) is 6.93. The topological polar surface area (TPSA) is 134 Å². The summed E-state index contributed by atoms with van der Waals surface area (Å²) in [7, 11) is 0. The number of amides is 1. The maximum atomic E-state index is 13.8. The van der Waals surface area contributed by atoms with E-state index in [1.807, 2.05) is 13.8 Å². The number of halogens is 1. The lowest BCUT2D eigenvalue weighted by Gasteiger charge is -2.10. The number of nitrogens with two attached hydrogens (primary N) is 4. The first-order chi connectivity index (χ1) is 12.8. The predicted octanol–water partition coefficient (Wildman–Crippen LogP) is 2.79. The molecule has 0 saturated heterocycles. The third-order valence-corrected chi connectivity index (χ3v) is 3.65. The van der Waals surface area contributed by atoms with E-state index in [0.717, 1.165) is 5.56 Å². The number of nitrogens with zero attached hydrogens (tertiary/aromatic N) is 1. The van der Waals surface area contributed by atoms with Gasteiger partial charge in [0.05, 0.1) is 0 Å². The Balaban J connectivity index is 0.00000176. The number of carbonyl (C=O) groups is 1. The second-order valence-corrected chi connectivity index (χ2v) is 5.56. The monoisotopic (exact) mass is 371 g/mol. The number of primary amides is 1. The van der Waals surface area contributed by atoms with E-state index >= 15 is 0 Å². The van der Waals surface area contributed by atoms with Crippen LogP contribution in [0.15, 0.2) is 75.5 Å². The molecule has 144 valence electrons. The van der Waals surface area contributed by atoms with Crippen molar-refractivity contribution in [2.45, 2.75) is 27.2 Å². The van der Waals surface area contributed by atoms with Crippen LogP contribution in [0.3, 0.4) is 0 Å². The minimum Gasteiger partial charge on any atom is -0.399 e. The van der Waals surface area contributed by atoms with Gasteiger partial charge in [0.2, 0.25) is 0 Å². The second kappa shape index (κ2) is 9.96. The molecule has 27 heavy (non-hydrogen) atoms. The Morgan fingerprint density at radius 2 is 1.74 bits per heavy atom. The number of hydrogen-bond donors (Lipinski definition) is 4. The van der Waals surface area contributed by atoms with Gasteiger partial charge in [0.25, 0.3) is 5.91 Å². The molecule has 1 aromatic rings. The number of benzene rings is 1. The Morgan fingerprint density at radius 1 is 1.15 bits per heavy atom. The molecule has 1 aliphatic rings. The molecule has 0 radical (unpaired) electrons. The molecule has 0 atom stereocenters. The van der Waals surface area contributed by atoms with Crippen molar-refractivity contribution in [2.24, 2.45) is 22.2 Å². The smallest absolute Gasteiger partial charge is 0.266 e. The first kappa shape index (κ1) is 21.7. The maximum absolute atomic E-state index is 13.8. The minimum absolute atomic E-state index is 0.0191. The molecular weight excluding hydrogens is 345 g/mol. The second-order valence-electron chi connectivity index (χ2n) is 5.56. The minimum atomic E-state index is -0.840.